The van der Waals surface area contributed by atoms with E-state index in [4.69, 9.17) is 16.3 Å². The van der Waals surface area contributed by atoms with E-state index in [0.29, 0.717) is 16.3 Å². The highest BCUT2D eigenvalue weighted by Gasteiger charge is 2.17. The summed E-state index contributed by atoms with van der Waals surface area (Å²) >= 11 is 5.76. The Kier molecular flexibility index (Phi) is 5.32. The zero-order valence-corrected chi connectivity index (χ0v) is 12.2. The van der Waals surface area contributed by atoms with Crippen LogP contribution in [0, 0.1) is 5.21 Å². The van der Waals surface area contributed by atoms with Crippen molar-refractivity contribution in [2.75, 3.05) is 6.61 Å². The number of nitrogens with one attached hydrogen (secondary N) is 1. The summed E-state index contributed by atoms with van der Waals surface area (Å²) in [5.74, 6) is -1.31. The lowest BCUT2D eigenvalue weighted by molar-refractivity contribution is -0.608. The topological polar surface area (TPSA) is 82.3 Å². The van der Waals surface area contributed by atoms with Crippen LogP contribution in [-0.2, 0) is 16.1 Å². The molecule has 2 rings (SSSR count). The predicted molar refractivity (Wildman–Crippen MR) is 79.0 cm³/mol. The molecule has 1 aromatic carbocycles. The third kappa shape index (κ3) is 4.46. The maximum atomic E-state index is 11.6. The molecule has 0 fully saturated rings. The van der Waals surface area contributed by atoms with Crippen LogP contribution < -0.4 is 10.0 Å². The quantitative estimate of drug-likeness (QED) is 0.513. The highest BCUT2D eigenvalue weighted by molar-refractivity contribution is 6.30. The molecule has 0 aliphatic rings. The number of carbonyl (C=O) groups is 2. The summed E-state index contributed by atoms with van der Waals surface area (Å²) in [5.41, 5.74) is 0.692. The summed E-state index contributed by atoms with van der Waals surface area (Å²) in [6.45, 7) is -0.165. The van der Waals surface area contributed by atoms with Crippen LogP contribution in [0.3, 0.4) is 0 Å². The van der Waals surface area contributed by atoms with Crippen molar-refractivity contribution in [1.29, 1.82) is 0 Å². The number of ether oxygens (including phenoxy) is 1. The number of halogens is 1. The molecule has 0 saturated carbocycles. The van der Waals surface area contributed by atoms with Crippen LogP contribution >= 0.6 is 11.6 Å². The highest BCUT2D eigenvalue weighted by Crippen LogP contribution is 2.09. The summed E-state index contributed by atoms with van der Waals surface area (Å²) in [4.78, 5) is 23.2. The van der Waals surface area contributed by atoms with Crippen molar-refractivity contribution in [3.63, 3.8) is 0 Å². The van der Waals surface area contributed by atoms with Crippen molar-refractivity contribution in [2.45, 2.75) is 6.54 Å². The second-order valence-corrected chi connectivity index (χ2v) is 4.83. The van der Waals surface area contributed by atoms with Gasteiger partial charge in [0, 0.05) is 23.7 Å². The van der Waals surface area contributed by atoms with Gasteiger partial charge in [0.05, 0.1) is 0 Å². The molecule has 1 N–H and O–H groups in total. The number of rotatable bonds is 5. The number of hydrogen-bond acceptors (Lipinski definition) is 4. The molecule has 6 nitrogen and oxygen atoms in total. The van der Waals surface area contributed by atoms with Crippen LogP contribution in [0.5, 0.6) is 0 Å². The molecule has 0 aliphatic heterocycles. The largest absolute Gasteiger partial charge is 0.618 e. The lowest BCUT2D eigenvalue weighted by Crippen LogP contribution is -2.36. The normalized spacial score (nSPS) is 10.0. The van der Waals surface area contributed by atoms with Gasteiger partial charge in [-0.25, -0.2) is 4.79 Å². The molecule has 114 valence electrons. The minimum absolute atomic E-state index is 0.173. The first-order valence-electron chi connectivity index (χ1n) is 6.43. The van der Waals surface area contributed by atoms with Crippen LogP contribution in [0.4, 0.5) is 0 Å². The van der Waals surface area contributed by atoms with Crippen LogP contribution in [0.2, 0.25) is 5.02 Å². The van der Waals surface area contributed by atoms with Crippen LogP contribution in [0.15, 0.2) is 48.7 Å². The van der Waals surface area contributed by atoms with E-state index in [1.54, 1.807) is 24.3 Å². The molecule has 2 aromatic rings. The van der Waals surface area contributed by atoms with Crippen LogP contribution in [-0.4, -0.2) is 18.5 Å². The first-order valence-corrected chi connectivity index (χ1v) is 6.80. The van der Waals surface area contributed by atoms with Gasteiger partial charge in [-0.05, 0) is 23.8 Å². The van der Waals surface area contributed by atoms with Gasteiger partial charge in [0.15, 0.2) is 12.8 Å². The third-order valence-corrected chi connectivity index (χ3v) is 3.02. The van der Waals surface area contributed by atoms with E-state index >= 15 is 0 Å². The maximum Gasteiger partial charge on any atom is 0.405 e. The molecule has 7 heteroatoms. The van der Waals surface area contributed by atoms with Gasteiger partial charge in [0.1, 0.15) is 0 Å². The number of aromatic nitrogens is 1. The number of hydrogen-bond donors (Lipinski definition) is 1. The van der Waals surface area contributed by atoms with E-state index in [0.717, 1.165) is 5.56 Å². The number of nitrogens with zero attached hydrogens (tertiary/aromatic N) is 1. The third-order valence-electron chi connectivity index (χ3n) is 2.77. The first kappa shape index (κ1) is 15.8. The van der Waals surface area contributed by atoms with Crippen LogP contribution in [0.25, 0.3) is 0 Å². The van der Waals surface area contributed by atoms with Gasteiger partial charge in [0.25, 0.3) is 5.91 Å². The van der Waals surface area contributed by atoms with E-state index in [1.807, 2.05) is 0 Å². The smallest absolute Gasteiger partial charge is 0.405 e. The van der Waals surface area contributed by atoms with Crippen molar-refractivity contribution >= 4 is 23.5 Å². The number of carbonyl (C=O) groups excluding carboxylic acids is 2. The van der Waals surface area contributed by atoms with E-state index in [-0.39, 0.29) is 5.69 Å². The van der Waals surface area contributed by atoms with E-state index in [2.05, 4.69) is 5.32 Å². The molecule has 22 heavy (non-hydrogen) atoms. The van der Waals surface area contributed by atoms with Crippen molar-refractivity contribution in [2.24, 2.45) is 0 Å². The van der Waals surface area contributed by atoms with E-state index in [9.17, 15) is 14.8 Å². The monoisotopic (exact) mass is 320 g/mol. The van der Waals surface area contributed by atoms with Crippen molar-refractivity contribution < 1.29 is 19.1 Å². The lowest BCUT2D eigenvalue weighted by atomic mass is 10.2. The molecule has 0 spiro atoms. The second kappa shape index (κ2) is 7.42. The molecule has 0 unspecified atom stereocenters. The first-order chi connectivity index (χ1) is 10.6. The molecule has 0 bridgehead atoms. The Morgan fingerprint density at radius 2 is 1.91 bits per heavy atom. The zero-order valence-electron chi connectivity index (χ0n) is 11.5. The highest BCUT2D eigenvalue weighted by atomic mass is 35.5. The average molecular weight is 321 g/mol. The van der Waals surface area contributed by atoms with Gasteiger partial charge >= 0.3 is 11.7 Å². The average Bonchev–Trinajstić information content (AvgIpc) is 2.52. The van der Waals surface area contributed by atoms with E-state index in [1.165, 1.54) is 24.4 Å². The fourth-order valence-corrected chi connectivity index (χ4v) is 1.77. The molecular formula is C15H13ClN2O4. The molecule has 1 heterocycles. The summed E-state index contributed by atoms with van der Waals surface area (Å²) in [5, 5.41) is 14.6. The molecule has 1 amide bonds. The molecule has 0 aliphatic carbocycles. The summed E-state index contributed by atoms with van der Waals surface area (Å²) in [6, 6.07) is 11.3. The maximum absolute atomic E-state index is 11.6. The Balaban J connectivity index is 1.79. The van der Waals surface area contributed by atoms with Gasteiger partial charge in [0.2, 0.25) is 0 Å². The minimum Gasteiger partial charge on any atom is -0.618 e. The van der Waals surface area contributed by atoms with Gasteiger partial charge in [-0.1, -0.05) is 23.7 Å². The number of amides is 1. The van der Waals surface area contributed by atoms with Crippen molar-refractivity contribution in [1.82, 2.24) is 5.32 Å². The van der Waals surface area contributed by atoms with Crippen LogP contribution in [0.1, 0.15) is 16.1 Å². The Hall–Kier alpha value is -2.60. The summed E-state index contributed by atoms with van der Waals surface area (Å²) in [7, 11) is 0. The fourth-order valence-electron chi connectivity index (χ4n) is 1.65. The standard InChI is InChI=1S/C15H13ClN2O4/c16-12-6-4-11(5-7-12)9-17-14(19)10-22-15(20)13-3-1-2-8-18(13)21/h1-8H,9-10H2,(H,17,19). The van der Waals surface area contributed by atoms with Crippen molar-refractivity contribution in [3.05, 3.63) is 70.1 Å². The number of esters is 1. The summed E-state index contributed by atoms with van der Waals surface area (Å²) < 4.78 is 5.17. The second-order valence-electron chi connectivity index (χ2n) is 4.39. The molecular weight excluding hydrogens is 308 g/mol. The molecule has 0 radical (unpaired) electrons. The van der Waals surface area contributed by atoms with Gasteiger partial charge in [-0.2, -0.15) is 4.73 Å². The zero-order chi connectivity index (χ0) is 15.9. The molecule has 0 saturated heterocycles. The predicted octanol–water partition coefficient (Wildman–Crippen LogP) is 1.45. The van der Waals surface area contributed by atoms with Gasteiger partial charge in [-0.15, -0.1) is 0 Å². The SMILES string of the molecule is O=C(COC(=O)c1cccc[n+]1[O-])NCc1ccc(Cl)cc1. The van der Waals surface area contributed by atoms with E-state index < -0.39 is 18.5 Å². The fraction of sp³-hybridized carbons (Fsp3) is 0.133. The Labute approximate surface area is 131 Å². The molecule has 1 aromatic heterocycles. The van der Waals surface area contributed by atoms with Crippen molar-refractivity contribution in [3.8, 4) is 0 Å². The van der Waals surface area contributed by atoms with Gasteiger partial charge < -0.3 is 15.3 Å². The minimum atomic E-state index is -0.850. The Morgan fingerprint density at radius 3 is 2.59 bits per heavy atom. The summed E-state index contributed by atoms with van der Waals surface area (Å²) in [6.07, 6.45) is 1.18. The molecule has 0 atom stereocenters. The lowest BCUT2D eigenvalue weighted by Gasteiger charge is -2.07. The number of pyridine rings is 1. The Bertz CT molecular complexity index is 673. The van der Waals surface area contributed by atoms with Gasteiger partial charge in [-0.3, -0.25) is 4.79 Å². The number of benzene rings is 1. The Morgan fingerprint density at radius 1 is 1.18 bits per heavy atom.